The van der Waals surface area contributed by atoms with Crippen LogP contribution in [0.2, 0.25) is 5.02 Å². The van der Waals surface area contributed by atoms with E-state index in [0.717, 1.165) is 32.9 Å². The van der Waals surface area contributed by atoms with E-state index in [2.05, 4.69) is 6.07 Å². The molecule has 3 rings (SSSR count). The van der Waals surface area contributed by atoms with Crippen molar-refractivity contribution in [2.45, 2.75) is 6.92 Å². The van der Waals surface area contributed by atoms with Crippen molar-refractivity contribution in [3.63, 3.8) is 0 Å². The van der Waals surface area contributed by atoms with Crippen LogP contribution in [0.25, 0.3) is 10.8 Å². The second kappa shape index (κ2) is 4.63. The van der Waals surface area contributed by atoms with E-state index in [1.807, 2.05) is 55.3 Å². The number of aryl methyl sites for hydroxylation is 1. The summed E-state index contributed by atoms with van der Waals surface area (Å²) in [5.41, 5.74) is 2.08. The third kappa shape index (κ3) is 2.08. The first-order valence-electron chi connectivity index (χ1n) is 6.13. The van der Waals surface area contributed by atoms with Crippen LogP contribution in [0.15, 0.2) is 53.1 Å². The highest BCUT2D eigenvalue weighted by Gasteiger charge is 2.12. The summed E-state index contributed by atoms with van der Waals surface area (Å²) < 4.78 is 5.68. The van der Waals surface area contributed by atoms with Crippen molar-refractivity contribution in [2.75, 3.05) is 11.9 Å². The fourth-order valence-corrected chi connectivity index (χ4v) is 2.32. The number of hydrogen-bond donors (Lipinski definition) is 0. The molecule has 0 saturated heterocycles. The number of hydrogen-bond acceptors (Lipinski definition) is 2. The highest BCUT2D eigenvalue weighted by Crippen LogP contribution is 2.34. The quantitative estimate of drug-likeness (QED) is 0.640. The van der Waals surface area contributed by atoms with Crippen LogP contribution in [-0.4, -0.2) is 7.05 Å². The van der Waals surface area contributed by atoms with Crippen molar-refractivity contribution in [1.29, 1.82) is 0 Å². The maximum atomic E-state index is 6.18. The van der Waals surface area contributed by atoms with Gasteiger partial charge < -0.3 is 9.32 Å². The van der Waals surface area contributed by atoms with Gasteiger partial charge in [-0.1, -0.05) is 35.9 Å². The van der Waals surface area contributed by atoms with Crippen LogP contribution in [0.3, 0.4) is 0 Å². The zero-order valence-electron chi connectivity index (χ0n) is 10.9. The van der Waals surface area contributed by atoms with Gasteiger partial charge in [0, 0.05) is 28.5 Å². The molecule has 0 saturated carbocycles. The molecular weight excluding hydrogens is 258 g/mol. The number of halogens is 1. The molecule has 0 bridgehead atoms. The standard InChI is InChI=1S/C16H14ClNO/c1-11-7-8-13(9-15(11)17)18(2)16-14-6-4-3-5-12(14)10-19-16/h3-10H,1-2H3. The van der Waals surface area contributed by atoms with E-state index < -0.39 is 0 Å². The average molecular weight is 272 g/mol. The molecule has 0 spiro atoms. The molecule has 2 nitrogen and oxygen atoms in total. The summed E-state index contributed by atoms with van der Waals surface area (Å²) in [6, 6.07) is 14.1. The van der Waals surface area contributed by atoms with Crippen LogP contribution in [0, 0.1) is 6.92 Å². The lowest BCUT2D eigenvalue weighted by molar-refractivity contribution is 0.574. The van der Waals surface area contributed by atoms with E-state index in [1.54, 1.807) is 6.26 Å². The molecule has 0 atom stereocenters. The Labute approximate surface area is 117 Å². The smallest absolute Gasteiger partial charge is 0.207 e. The Balaban J connectivity index is 2.08. The second-order valence-corrected chi connectivity index (χ2v) is 5.03. The largest absolute Gasteiger partial charge is 0.447 e. The Morgan fingerprint density at radius 3 is 2.68 bits per heavy atom. The van der Waals surface area contributed by atoms with Gasteiger partial charge in [0.05, 0.1) is 0 Å². The first kappa shape index (κ1) is 12.1. The molecule has 0 aliphatic rings. The Morgan fingerprint density at radius 2 is 1.89 bits per heavy atom. The molecule has 2 aromatic carbocycles. The zero-order valence-corrected chi connectivity index (χ0v) is 11.6. The van der Waals surface area contributed by atoms with E-state index in [1.165, 1.54) is 0 Å². The topological polar surface area (TPSA) is 16.4 Å². The lowest BCUT2D eigenvalue weighted by atomic mass is 10.2. The van der Waals surface area contributed by atoms with Crippen LogP contribution in [0.4, 0.5) is 11.6 Å². The van der Waals surface area contributed by atoms with Crippen LogP contribution < -0.4 is 4.90 Å². The van der Waals surface area contributed by atoms with Crippen LogP contribution >= 0.6 is 11.6 Å². The summed E-state index contributed by atoms with van der Waals surface area (Å²) in [4.78, 5) is 2.01. The van der Waals surface area contributed by atoms with E-state index >= 15 is 0 Å². The van der Waals surface area contributed by atoms with E-state index in [0.29, 0.717) is 0 Å². The maximum absolute atomic E-state index is 6.18. The molecule has 0 aliphatic carbocycles. The highest BCUT2D eigenvalue weighted by molar-refractivity contribution is 6.31. The first-order chi connectivity index (χ1) is 9.16. The molecule has 0 radical (unpaired) electrons. The van der Waals surface area contributed by atoms with Gasteiger partial charge in [-0.2, -0.15) is 0 Å². The monoisotopic (exact) mass is 271 g/mol. The number of rotatable bonds is 2. The Hall–Kier alpha value is -1.93. The molecule has 0 amide bonds. The van der Waals surface area contributed by atoms with Crippen molar-refractivity contribution < 1.29 is 4.42 Å². The lowest BCUT2D eigenvalue weighted by Crippen LogP contribution is -2.08. The third-order valence-corrected chi connectivity index (χ3v) is 3.74. The molecule has 0 aliphatic heterocycles. The van der Waals surface area contributed by atoms with Crippen molar-refractivity contribution >= 4 is 33.9 Å². The zero-order chi connectivity index (χ0) is 13.4. The molecule has 96 valence electrons. The number of furan rings is 1. The molecule has 0 N–H and O–H groups in total. The molecule has 1 aromatic heterocycles. The predicted molar refractivity (Wildman–Crippen MR) is 80.5 cm³/mol. The summed E-state index contributed by atoms with van der Waals surface area (Å²) in [6.45, 7) is 1.99. The fourth-order valence-electron chi connectivity index (χ4n) is 2.14. The summed E-state index contributed by atoms with van der Waals surface area (Å²) >= 11 is 6.18. The molecule has 3 aromatic rings. The minimum Gasteiger partial charge on any atom is -0.447 e. The molecule has 19 heavy (non-hydrogen) atoms. The fraction of sp³-hybridized carbons (Fsp3) is 0.125. The molecule has 1 heterocycles. The molecule has 0 unspecified atom stereocenters. The van der Waals surface area contributed by atoms with Gasteiger partial charge in [0.25, 0.3) is 0 Å². The van der Waals surface area contributed by atoms with Gasteiger partial charge in [0.15, 0.2) is 0 Å². The Kier molecular flexibility index (Phi) is 2.96. The molecule has 0 fully saturated rings. The minimum absolute atomic E-state index is 0.764. The summed E-state index contributed by atoms with van der Waals surface area (Å²) in [5, 5.41) is 2.96. The van der Waals surface area contributed by atoms with Crippen molar-refractivity contribution in [2.24, 2.45) is 0 Å². The lowest BCUT2D eigenvalue weighted by Gasteiger charge is -2.17. The Bertz CT molecular complexity index is 732. The predicted octanol–water partition coefficient (Wildman–Crippen LogP) is 5.16. The second-order valence-electron chi connectivity index (χ2n) is 4.62. The first-order valence-corrected chi connectivity index (χ1v) is 6.51. The Morgan fingerprint density at radius 1 is 1.11 bits per heavy atom. The molecular formula is C16H14ClNO. The number of nitrogens with zero attached hydrogens (tertiary/aromatic N) is 1. The van der Waals surface area contributed by atoms with Gasteiger partial charge in [-0.25, -0.2) is 0 Å². The normalized spacial score (nSPS) is 10.9. The van der Waals surface area contributed by atoms with Crippen LogP contribution in [0.5, 0.6) is 0 Å². The summed E-state index contributed by atoms with van der Waals surface area (Å²) in [6.07, 6.45) is 1.77. The van der Waals surface area contributed by atoms with E-state index in [9.17, 15) is 0 Å². The van der Waals surface area contributed by atoms with Gasteiger partial charge >= 0.3 is 0 Å². The van der Waals surface area contributed by atoms with Crippen molar-refractivity contribution in [3.05, 3.63) is 59.3 Å². The van der Waals surface area contributed by atoms with Crippen LogP contribution in [-0.2, 0) is 0 Å². The highest BCUT2D eigenvalue weighted by atomic mass is 35.5. The SMILES string of the molecule is Cc1ccc(N(C)c2occ3ccccc23)cc1Cl. The van der Waals surface area contributed by atoms with Gasteiger partial charge in [0.1, 0.15) is 6.26 Å². The maximum Gasteiger partial charge on any atom is 0.207 e. The van der Waals surface area contributed by atoms with Gasteiger partial charge in [-0.05, 0) is 30.7 Å². The van der Waals surface area contributed by atoms with E-state index in [-0.39, 0.29) is 0 Å². The van der Waals surface area contributed by atoms with Crippen molar-refractivity contribution in [3.8, 4) is 0 Å². The summed E-state index contributed by atoms with van der Waals surface area (Å²) in [5.74, 6) is 0.829. The minimum atomic E-state index is 0.764. The number of anilines is 2. The van der Waals surface area contributed by atoms with Gasteiger partial charge in [0.2, 0.25) is 5.88 Å². The van der Waals surface area contributed by atoms with E-state index in [4.69, 9.17) is 16.0 Å². The average Bonchev–Trinajstić information content (AvgIpc) is 2.85. The number of fused-ring (bicyclic) bond motifs is 1. The summed E-state index contributed by atoms with van der Waals surface area (Å²) in [7, 11) is 1.98. The van der Waals surface area contributed by atoms with Crippen LogP contribution in [0.1, 0.15) is 5.56 Å². The number of benzene rings is 2. The van der Waals surface area contributed by atoms with Crippen molar-refractivity contribution in [1.82, 2.24) is 0 Å². The van der Waals surface area contributed by atoms with Gasteiger partial charge in [-0.15, -0.1) is 0 Å². The van der Waals surface area contributed by atoms with Gasteiger partial charge in [-0.3, -0.25) is 0 Å². The molecule has 3 heteroatoms. The third-order valence-electron chi connectivity index (χ3n) is 3.34.